The minimum atomic E-state index is -0.826. The number of hydrogen-bond donors (Lipinski definition) is 4. The fourth-order valence-corrected chi connectivity index (χ4v) is 2.68. The number of aromatic hydroxyl groups is 1. The highest BCUT2D eigenvalue weighted by molar-refractivity contribution is 5.87. The van der Waals surface area contributed by atoms with Crippen molar-refractivity contribution in [2.75, 3.05) is 0 Å². The van der Waals surface area contributed by atoms with Crippen molar-refractivity contribution in [2.45, 2.75) is 45.4 Å². The molecule has 0 aliphatic carbocycles. The van der Waals surface area contributed by atoms with Gasteiger partial charge in [-0.15, -0.1) is 4.73 Å². The Bertz CT molecular complexity index is 724. The molecule has 1 aromatic heterocycles. The maximum Gasteiger partial charge on any atom is 0.283 e. The number of phenolic OH excluding ortho intramolecular Hbond substituents is 1. The molecule has 0 amide bonds. The second-order valence-corrected chi connectivity index (χ2v) is 5.70. The van der Waals surface area contributed by atoms with Gasteiger partial charge in [0.05, 0.1) is 6.10 Å². The lowest BCUT2D eigenvalue weighted by Gasteiger charge is -2.26. The second-order valence-electron chi connectivity index (χ2n) is 5.70. The molecule has 0 aliphatic heterocycles. The number of rotatable bonds is 5. The lowest BCUT2D eigenvalue weighted by molar-refractivity contribution is 0.122. The average molecular weight is 306 g/mol. The Hall–Kier alpha value is -2.05. The first kappa shape index (κ1) is 16.3. The molecule has 0 spiro atoms. The van der Waals surface area contributed by atoms with Crippen molar-refractivity contribution >= 4 is 10.9 Å². The van der Waals surface area contributed by atoms with Crippen molar-refractivity contribution < 1.29 is 15.4 Å². The Balaban J connectivity index is 2.59. The monoisotopic (exact) mass is 306 g/mol. The first-order chi connectivity index (χ1) is 10.4. The van der Waals surface area contributed by atoms with E-state index in [-0.39, 0.29) is 23.3 Å². The normalized spacial score (nSPS) is 14.4. The topological polar surface area (TPSA) is 94.7 Å². The van der Waals surface area contributed by atoms with Crippen LogP contribution in [0.4, 0.5) is 0 Å². The molecule has 1 aromatic carbocycles. The van der Waals surface area contributed by atoms with Crippen LogP contribution in [0.15, 0.2) is 29.1 Å². The summed E-state index contributed by atoms with van der Waals surface area (Å²) >= 11 is 0. The smallest absolute Gasteiger partial charge is 0.283 e. The summed E-state index contributed by atoms with van der Waals surface area (Å²) in [5.41, 5.74) is -0.0826. The van der Waals surface area contributed by atoms with Gasteiger partial charge in [0.15, 0.2) is 0 Å². The van der Waals surface area contributed by atoms with Crippen LogP contribution in [-0.4, -0.2) is 32.2 Å². The zero-order chi connectivity index (χ0) is 16.4. The van der Waals surface area contributed by atoms with E-state index in [1.165, 1.54) is 18.2 Å². The van der Waals surface area contributed by atoms with E-state index < -0.39 is 11.7 Å². The molecule has 120 valence electrons. The van der Waals surface area contributed by atoms with Crippen LogP contribution in [0.2, 0.25) is 0 Å². The number of phenols is 1. The Kier molecular flexibility index (Phi) is 4.73. The third-order valence-electron chi connectivity index (χ3n) is 3.73. The predicted molar refractivity (Wildman–Crippen MR) is 84.4 cm³/mol. The van der Waals surface area contributed by atoms with Crippen molar-refractivity contribution in [2.24, 2.45) is 0 Å². The number of aromatic nitrogens is 1. The van der Waals surface area contributed by atoms with E-state index in [1.54, 1.807) is 6.07 Å². The molecule has 2 rings (SSSR count). The van der Waals surface area contributed by atoms with Crippen molar-refractivity contribution in [1.29, 1.82) is 0 Å². The fraction of sp³-hybridized carbons (Fsp3) is 0.438. The number of pyridine rings is 1. The van der Waals surface area contributed by atoms with Crippen LogP contribution >= 0.6 is 0 Å². The summed E-state index contributed by atoms with van der Waals surface area (Å²) in [4.78, 5) is 11.5. The summed E-state index contributed by atoms with van der Waals surface area (Å²) in [7, 11) is 0. The van der Waals surface area contributed by atoms with E-state index in [2.05, 4.69) is 5.32 Å². The van der Waals surface area contributed by atoms with Gasteiger partial charge in [0, 0.05) is 23.5 Å². The molecule has 0 saturated heterocycles. The Labute approximate surface area is 128 Å². The molecule has 2 unspecified atom stereocenters. The highest BCUT2D eigenvalue weighted by Gasteiger charge is 2.23. The van der Waals surface area contributed by atoms with Crippen LogP contribution in [0.3, 0.4) is 0 Å². The third kappa shape index (κ3) is 2.93. The van der Waals surface area contributed by atoms with Gasteiger partial charge in [0.1, 0.15) is 11.3 Å². The minimum absolute atomic E-state index is 0.00319. The maximum absolute atomic E-state index is 11.5. The van der Waals surface area contributed by atoms with E-state index in [1.807, 2.05) is 20.8 Å². The molecule has 4 N–H and O–H groups in total. The quantitative estimate of drug-likeness (QED) is 0.631. The molecule has 0 fully saturated rings. The number of fused-ring (bicyclic) bond motifs is 1. The fourth-order valence-electron chi connectivity index (χ4n) is 2.68. The van der Waals surface area contributed by atoms with Gasteiger partial charge in [-0.1, -0.05) is 26.8 Å². The summed E-state index contributed by atoms with van der Waals surface area (Å²) in [6.07, 6.45) is -0.117. The average Bonchev–Trinajstić information content (AvgIpc) is 2.47. The van der Waals surface area contributed by atoms with E-state index in [4.69, 9.17) is 0 Å². The van der Waals surface area contributed by atoms with Gasteiger partial charge in [0.2, 0.25) is 0 Å². The van der Waals surface area contributed by atoms with E-state index in [9.17, 15) is 20.2 Å². The van der Waals surface area contributed by atoms with Crippen LogP contribution in [-0.2, 0) is 0 Å². The van der Waals surface area contributed by atoms with Gasteiger partial charge in [-0.25, -0.2) is 0 Å². The first-order valence-electron chi connectivity index (χ1n) is 7.37. The number of benzene rings is 1. The standard InChI is InChI=1S/C16H22N2O4/c1-4-12(17-9(2)3)16(21)11-5-7-13(19)15-10(11)6-8-14(20)18(15)22/h5-9,12,16-17,19,21-22H,4H2,1-3H3. The number of hydrogen-bond acceptors (Lipinski definition) is 5. The van der Waals surface area contributed by atoms with Crippen molar-refractivity contribution in [3.05, 3.63) is 40.2 Å². The highest BCUT2D eigenvalue weighted by Crippen LogP contribution is 2.31. The van der Waals surface area contributed by atoms with Crippen LogP contribution in [0.5, 0.6) is 5.75 Å². The second kappa shape index (κ2) is 6.37. The number of aliphatic hydroxyl groups is 1. The molecule has 2 atom stereocenters. The summed E-state index contributed by atoms with van der Waals surface area (Å²) in [5.74, 6) is -0.212. The molecular formula is C16H22N2O4. The minimum Gasteiger partial charge on any atom is -0.506 e. The van der Waals surface area contributed by atoms with Gasteiger partial charge < -0.3 is 20.7 Å². The van der Waals surface area contributed by atoms with Gasteiger partial charge >= 0.3 is 0 Å². The van der Waals surface area contributed by atoms with Crippen molar-refractivity contribution in [1.82, 2.24) is 10.0 Å². The zero-order valence-corrected chi connectivity index (χ0v) is 12.9. The third-order valence-corrected chi connectivity index (χ3v) is 3.73. The lowest BCUT2D eigenvalue weighted by Crippen LogP contribution is -2.39. The summed E-state index contributed by atoms with van der Waals surface area (Å²) in [6.45, 7) is 5.96. The molecule has 0 radical (unpaired) electrons. The van der Waals surface area contributed by atoms with Crippen LogP contribution in [0.25, 0.3) is 10.9 Å². The van der Waals surface area contributed by atoms with Gasteiger partial charge in [-0.05, 0) is 24.1 Å². The summed E-state index contributed by atoms with van der Waals surface area (Å²) in [6, 6.07) is 5.72. The molecule has 0 aliphatic rings. The van der Waals surface area contributed by atoms with Crippen LogP contribution < -0.4 is 10.9 Å². The summed E-state index contributed by atoms with van der Waals surface area (Å²) in [5, 5.41) is 34.1. The van der Waals surface area contributed by atoms with E-state index in [0.717, 1.165) is 0 Å². The van der Waals surface area contributed by atoms with Crippen LogP contribution in [0, 0.1) is 0 Å². The van der Waals surface area contributed by atoms with Crippen molar-refractivity contribution in [3.63, 3.8) is 0 Å². The number of nitrogens with one attached hydrogen (secondary N) is 1. The Morgan fingerprint density at radius 2 is 1.91 bits per heavy atom. The predicted octanol–water partition coefficient (Wildman–Crippen LogP) is 1.75. The van der Waals surface area contributed by atoms with Gasteiger partial charge in [0.25, 0.3) is 5.56 Å². The first-order valence-corrected chi connectivity index (χ1v) is 7.37. The maximum atomic E-state index is 11.5. The molecule has 0 saturated carbocycles. The molecule has 2 aromatic rings. The van der Waals surface area contributed by atoms with Gasteiger partial charge in [-0.3, -0.25) is 4.79 Å². The molecule has 6 nitrogen and oxygen atoms in total. The highest BCUT2D eigenvalue weighted by atomic mass is 16.5. The Morgan fingerprint density at radius 1 is 1.23 bits per heavy atom. The number of aliphatic hydroxyl groups excluding tert-OH is 1. The molecule has 1 heterocycles. The zero-order valence-electron chi connectivity index (χ0n) is 12.9. The SMILES string of the molecule is CCC(NC(C)C)C(O)c1ccc(O)c2c1ccc(=O)n2O. The van der Waals surface area contributed by atoms with E-state index >= 15 is 0 Å². The van der Waals surface area contributed by atoms with Crippen molar-refractivity contribution in [3.8, 4) is 5.75 Å². The van der Waals surface area contributed by atoms with E-state index in [0.29, 0.717) is 22.1 Å². The molecule has 6 heteroatoms. The Morgan fingerprint density at radius 3 is 2.50 bits per heavy atom. The van der Waals surface area contributed by atoms with Gasteiger partial charge in [-0.2, -0.15) is 0 Å². The van der Waals surface area contributed by atoms with Crippen LogP contribution in [0.1, 0.15) is 38.9 Å². The summed E-state index contributed by atoms with van der Waals surface area (Å²) < 4.78 is 0.401. The largest absolute Gasteiger partial charge is 0.506 e. The molecule has 22 heavy (non-hydrogen) atoms. The molecular weight excluding hydrogens is 284 g/mol. The number of nitrogens with zero attached hydrogens (tertiary/aromatic N) is 1. The molecule has 0 bridgehead atoms. The lowest BCUT2D eigenvalue weighted by atomic mass is 9.95.